The van der Waals surface area contributed by atoms with Gasteiger partial charge in [-0.05, 0) is 36.8 Å². The second-order valence-corrected chi connectivity index (χ2v) is 4.72. The Morgan fingerprint density at radius 2 is 2.14 bits per heavy atom. The number of benzene rings is 1. The summed E-state index contributed by atoms with van der Waals surface area (Å²) in [5.41, 5.74) is 2.37. The second kappa shape index (κ2) is 4.87. The van der Waals surface area contributed by atoms with Crippen LogP contribution in [0.15, 0.2) is 35.0 Å². The van der Waals surface area contributed by atoms with Gasteiger partial charge in [0, 0.05) is 18.8 Å². The van der Waals surface area contributed by atoms with Gasteiger partial charge in [0.1, 0.15) is 17.6 Å². The number of hydrogen-bond acceptors (Lipinski definition) is 4. The Morgan fingerprint density at radius 3 is 2.81 bits per heavy atom. The van der Waals surface area contributed by atoms with Crippen molar-refractivity contribution in [1.29, 1.82) is 5.26 Å². The number of nitriles is 1. The smallest absolute Gasteiger partial charge is 0.274 e. The van der Waals surface area contributed by atoms with Crippen molar-refractivity contribution in [2.45, 2.75) is 6.92 Å². The van der Waals surface area contributed by atoms with E-state index < -0.39 is 0 Å². The Kier molecular flexibility index (Phi) is 3.03. The molecular formula is C15H11FN4O. The van der Waals surface area contributed by atoms with Crippen LogP contribution in [0, 0.1) is 24.1 Å². The minimum Gasteiger partial charge on any atom is -0.345 e. The number of aromatic nitrogens is 3. The predicted molar refractivity (Wildman–Crippen MR) is 73.6 cm³/mol. The molecule has 21 heavy (non-hydrogen) atoms. The topological polar surface area (TPSA) is 67.6 Å². The van der Waals surface area contributed by atoms with Crippen LogP contribution in [0.2, 0.25) is 0 Å². The van der Waals surface area contributed by atoms with E-state index in [1.165, 1.54) is 6.07 Å². The molecule has 0 N–H and O–H groups in total. The lowest BCUT2D eigenvalue weighted by Crippen LogP contribution is -1.89. The minimum absolute atomic E-state index is 0.274. The molecule has 0 bridgehead atoms. The van der Waals surface area contributed by atoms with Crippen LogP contribution in [0.3, 0.4) is 0 Å². The van der Waals surface area contributed by atoms with Gasteiger partial charge < -0.3 is 9.09 Å². The SMILES string of the molecule is Cc1cc(-c2noc(-c3cc(C#N)cn3C)n2)ccc1F. The maximum atomic E-state index is 13.3. The molecule has 0 radical (unpaired) electrons. The van der Waals surface area contributed by atoms with E-state index in [4.69, 9.17) is 9.78 Å². The largest absolute Gasteiger partial charge is 0.345 e. The van der Waals surface area contributed by atoms with Crippen molar-refractivity contribution in [2.75, 3.05) is 0 Å². The van der Waals surface area contributed by atoms with Gasteiger partial charge in [0.05, 0.1) is 5.56 Å². The number of hydrogen-bond donors (Lipinski definition) is 0. The molecule has 6 heteroatoms. The minimum atomic E-state index is -0.274. The Morgan fingerprint density at radius 1 is 1.33 bits per heavy atom. The van der Waals surface area contributed by atoms with Crippen molar-refractivity contribution in [3.05, 3.63) is 47.4 Å². The normalized spacial score (nSPS) is 10.6. The lowest BCUT2D eigenvalue weighted by molar-refractivity contribution is 0.429. The van der Waals surface area contributed by atoms with E-state index >= 15 is 0 Å². The molecule has 3 aromatic rings. The highest BCUT2D eigenvalue weighted by atomic mass is 19.1. The number of aryl methyl sites for hydroxylation is 2. The first kappa shape index (κ1) is 13.1. The molecule has 0 spiro atoms. The highest BCUT2D eigenvalue weighted by Gasteiger charge is 2.15. The summed E-state index contributed by atoms with van der Waals surface area (Å²) >= 11 is 0. The second-order valence-electron chi connectivity index (χ2n) is 4.72. The monoisotopic (exact) mass is 282 g/mol. The molecule has 0 saturated carbocycles. The molecule has 0 saturated heterocycles. The van der Waals surface area contributed by atoms with E-state index in [1.54, 1.807) is 42.9 Å². The Labute approximate surface area is 120 Å². The van der Waals surface area contributed by atoms with Crippen molar-refractivity contribution in [3.63, 3.8) is 0 Å². The summed E-state index contributed by atoms with van der Waals surface area (Å²) in [6.45, 7) is 1.68. The van der Waals surface area contributed by atoms with Crippen molar-refractivity contribution in [2.24, 2.45) is 7.05 Å². The summed E-state index contributed by atoms with van der Waals surface area (Å²) in [5.74, 6) is 0.423. The van der Waals surface area contributed by atoms with Gasteiger partial charge in [-0.1, -0.05) is 5.16 Å². The Bertz CT molecular complexity index is 857. The summed E-state index contributed by atoms with van der Waals surface area (Å²) in [6.07, 6.45) is 1.68. The molecule has 0 aliphatic carbocycles. The third-order valence-corrected chi connectivity index (χ3v) is 3.20. The number of nitrogens with zero attached hydrogens (tertiary/aromatic N) is 4. The summed E-state index contributed by atoms with van der Waals surface area (Å²) in [5, 5.41) is 12.8. The summed E-state index contributed by atoms with van der Waals surface area (Å²) in [4.78, 5) is 4.30. The highest BCUT2D eigenvalue weighted by Crippen LogP contribution is 2.24. The summed E-state index contributed by atoms with van der Waals surface area (Å²) in [7, 11) is 1.79. The molecule has 1 aromatic carbocycles. The van der Waals surface area contributed by atoms with Crippen LogP contribution in [0.1, 0.15) is 11.1 Å². The average Bonchev–Trinajstić information content (AvgIpc) is 3.08. The van der Waals surface area contributed by atoms with Gasteiger partial charge >= 0.3 is 0 Å². The fourth-order valence-electron chi connectivity index (χ4n) is 2.07. The summed E-state index contributed by atoms with van der Waals surface area (Å²) < 4.78 is 20.3. The van der Waals surface area contributed by atoms with Gasteiger partial charge in [0.2, 0.25) is 5.82 Å². The fourth-order valence-corrected chi connectivity index (χ4v) is 2.07. The van der Waals surface area contributed by atoms with Crippen molar-refractivity contribution in [1.82, 2.24) is 14.7 Å². The highest BCUT2D eigenvalue weighted by molar-refractivity contribution is 5.60. The van der Waals surface area contributed by atoms with E-state index in [0.717, 1.165) is 0 Å². The molecule has 2 heterocycles. The third kappa shape index (κ3) is 2.30. The first-order valence-electron chi connectivity index (χ1n) is 6.25. The lowest BCUT2D eigenvalue weighted by Gasteiger charge is -1.98. The molecule has 0 atom stereocenters. The fraction of sp³-hybridized carbons (Fsp3) is 0.133. The molecule has 104 valence electrons. The first-order chi connectivity index (χ1) is 10.1. The van der Waals surface area contributed by atoms with Crippen LogP contribution >= 0.6 is 0 Å². The molecule has 0 fully saturated rings. The molecule has 0 amide bonds. The maximum Gasteiger partial charge on any atom is 0.274 e. The van der Waals surface area contributed by atoms with Crippen molar-refractivity contribution in [3.8, 4) is 29.0 Å². The molecule has 0 aliphatic heterocycles. The Balaban J connectivity index is 2.01. The standard InChI is InChI=1S/C15H11FN4O/c1-9-5-11(3-4-12(9)16)14-18-15(21-19-14)13-6-10(7-17)8-20(13)2/h3-6,8H,1-2H3. The molecule has 0 aliphatic rings. The van der Waals surface area contributed by atoms with Crippen molar-refractivity contribution >= 4 is 0 Å². The van der Waals surface area contributed by atoms with E-state index in [9.17, 15) is 4.39 Å². The zero-order chi connectivity index (χ0) is 15.0. The van der Waals surface area contributed by atoms with Crippen LogP contribution in [0.25, 0.3) is 23.0 Å². The molecule has 3 rings (SSSR count). The lowest BCUT2D eigenvalue weighted by atomic mass is 10.1. The third-order valence-electron chi connectivity index (χ3n) is 3.20. The maximum absolute atomic E-state index is 13.3. The van der Waals surface area contributed by atoms with Crippen LogP contribution in [0.4, 0.5) is 4.39 Å². The average molecular weight is 282 g/mol. The first-order valence-corrected chi connectivity index (χ1v) is 6.25. The van der Waals surface area contributed by atoms with Crippen molar-refractivity contribution < 1.29 is 8.91 Å². The van der Waals surface area contributed by atoms with E-state index in [1.807, 2.05) is 0 Å². The summed E-state index contributed by atoms with van der Waals surface area (Å²) in [6, 6.07) is 8.37. The van der Waals surface area contributed by atoms with Crippen LogP contribution in [-0.2, 0) is 7.05 Å². The number of halogens is 1. The molecule has 0 unspecified atom stereocenters. The van der Waals surface area contributed by atoms with Gasteiger partial charge in [0.25, 0.3) is 5.89 Å². The van der Waals surface area contributed by atoms with Gasteiger partial charge in [0.15, 0.2) is 0 Å². The molecular weight excluding hydrogens is 271 g/mol. The zero-order valence-corrected chi connectivity index (χ0v) is 11.5. The van der Waals surface area contributed by atoms with Gasteiger partial charge in [-0.3, -0.25) is 0 Å². The van der Waals surface area contributed by atoms with Gasteiger partial charge in [-0.2, -0.15) is 10.2 Å². The quantitative estimate of drug-likeness (QED) is 0.724. The van der Waals surface area contributed by atoms with Crippen LogP contribution < -0.4 is 0 Å². The number of rotatable bonds is 2. The van der Waals surface area contributed by atoms with Crippen LogP contribution in [0.5, 0.6) is 0 Å². The molecule has 2 aromatic heterocycles. The Hall–Kier alpha value is -2.94. The van der Waals surface area contributed by atoms with E-state index in [2.05, 4.69) is 16.2 Å². The predicted octanol–water partition coefficient (Wildman–Crippen LogP) is 3.06. The van der Waals surface area contributed by atoms with E-state index in [0.29, 0.717) is 34.1 Å². The van der Waals surface area contributed by atoms with Crippen LogP contribution in [-0.4, -0.2) is 14.7 Å². The zero-order valence-electron chi connectivity index (χ0n) is 11.5. The van der Waals surface area contributed by atoms with Gasteiger partial charge in [-0.15, -0.1) is 0 Å². The van der Waals surface area contributed by atoms with E-state index in [-0.39, 0.29) is 5.82 Å². The van der Waals surface area contributed by atoms with Gasteiger partial charge in [-0.25, -0.2) is 4.39 Å². The molecule has 5 nitrogen and oxygen atoms in total.